The molecule has 2 aromatic rings. The van der Waals surface area contributed by atoms with Crippen molar-refractivity contribution in [2.24, 2.45) is 0 Å². The fraction of sp³-hybridized carbons (Fsp3) is 0.235. The van der Waals surface area contributed by atoms with E-state index in [4.69, 9.17) is 11.6 Å². The number of nitrogens with one attached hydrogen (secondary N) is 2. The van der Waals surface area contributed by atoms with Crippen molar-refractivity contribution < 1.29 is 13.2 Å². The zero-order chi connectivity index (χ0) is 19.5. The molecular formula is C17H19BrClN3O3S. The van der Waals surface area contributed by atoms with Crippen LogP contribution < -0.4 is 10.6 Å². The third-order valence-corrected chi connectivity index (χ3v) is 6.36. The van der Waals surface area contributed by atoms with Crippen molar-refractivity contribution in [2.75, 3.05) is 31.3 Å². The summed E-state index contributed by atoms with van der Waals surface area (Å²) >= 11 is 9.41. The molecule has 2 rings (SSSR count). The summed E-state index contributed by atoms with van der Waals surface area (Å²) < 4.78 is 26.7. The lowest BCUT2D eigenvalue weighted by atomic mass is 10.2. The Bertz CT molecular complexity index is 933. The molecular weight excluding hydrogens is 442 g/mol. The van der Waals surface area contributed by atoms with E-state index in [0.29, 0.717) is 22.0 Å². The lowest BCUT2D eigenvalue weighted by Crippen LogP contribution is -2.24. The Morgan fingerprint density at radius 3 is 2.50 bits per heavy atom. The third kappa shape index (κ3) is 4.97. The van der Waals surface area contributed by atoms with Crippen LogP contribution in [0.15, 0.2) is 45.8 Å². The highest BCUT2D eigenvalue weighted by Crippen LogP contribution is 2.26. The highest BCUT2D eigenvalue weighted by Gasteiger charge is 2.20. The van der Waals surface area contributed by atoms with E-state index < -0.39 is 10.0 Å². The first-order valence-corrected chi connectivity index (χ1v) is 10.2. The van der Waals surface area contributed by atoms with Gasteiger partial charge in [0.2, 0.25) is 15.9 Å². The molecule has 1 amide bonds. The van der Waals surface area contributed by atoms with E-state index in [2.05, 4.69) is 26.6 Å². The number of aryl methyl sites for hydroxylation is 1. The third-order valence-electron chi connectivity index (χ3n) is 3.60. The van der Waals surface area contributed by atoms with Crippen LogP contribution in [0.5, 0.6) is 0 Å². The summed E-state index contributed by atoms with van der Waals surface area (Å²) in [7, 11) is -0.658. The molecule has 0 bridgehead atoms. The van der Waals surface area contributed by atoms with Crippen molar-refractivity contribution >= 4 is 54.8 Å². The van der Waals surface area contributed by atoms with Crippen LogP contribution in [0.25, 0.3) is 0 Å². The average molecular weight is 461 g/mol. The number of benzene rings is 2. The summed E-state index contributed by atoms with van der Waals surface area (Å²) in [4.78, 5) is 12.3. The Balaban J connectivity index is 2.10. The molecule has 0 saturated carbocycles. The summed E-state index contributed by atoms with van der Waals surface area (Å²) in [5.74, 6) is -0.318. The maximum Gasteiger partial charge on any atom is 0.243 e. The van der Waals surface area contributed by atoms with E-state index in [0.717, 1.165) is 8.78 Å². The van der Waals surface area contributed by atoms with Gasteiger partial charge in [0.05, 0.1) is 22.2 Å². The van der Waals surface area contributed by atoms with E-state index in [1.165, 1.54) is 20.2 Å². The minimum Gasteiger partial charge on any atom is -0.375 e. The Morgan fingerprint density at radius 2 is 1.88 bits per heavy atom. The average Bonchev–Trinajstić information content (AvgIpc) is 2.55. The van der Waals surface area contributed by atoms with Gasteiger partial charge in [-0.05, 0) is 42.8 Å². The lowest BCUT2D eigenvalue weighted by Gasteiger charge is -2.15. The number of nitrogens with zero attached hydrogens (tertiary/aromatic N) is 1. The summed E-state index contributed by atoms with van der Waals surface area (Å²) in [6.45, 7) is 1.70. The first kappa shape index (κ1) is 20.7. The molecule has 0 fully saturated rings. The van der Waals surface area contributed by atoms with E-state index in [-0.39, 0.29) is 17.3 Å². The smallest absolute Gasteiger partial charge is 0.243 e. The fourth-order valence-electron chi connectivity index (χ4n) is 2.17. The molecule has 140 valence electrons. The van der Waals surface area contributed by atoms with Gasteiger partial charge in [-0.25, -0.2) is 12.7 Å². The van der Waals surface area contributed by atoms with Crippen LogP contribution in [-0.4, -0.2) is 39.3 Å². The number of hydrogen-bond donors (Lipinski definition) is 2. The first-order valence-electron chi connectivity index (χ1n) is 7.63. The number of anilines is 2. The summed E-state index contributed by atoms with van der Waals surface area (Å²) in [6.07, 6.45) is 0. The second kappa shape index (κ2) is 8.39. The van der Waals surface area contributed by atoms with Crippen LogP contribution in [-0.2, 0) is 14.8 Å². The van der Waals surface area contributed by atoms with E-state index in [1.54, 1.807) is 31.2 Å². The molecule has 9 heteroatoms. The minimum atomic E-state index is -3.59. The number of rotatable bonds is 6. The van der Waals surface area contributed by atoms with Gasteiger partial charge in [0.1, 0.15) is 0 Å². The zero-order valence-electron chi connectivity index (χ0n) is 14.5. The number of carbonyl (C=O) groups is 1. The summed E-state index contributed by atoms with van der Waals surface area (Å²) in [6, 6.07) is 10.1. The topological polar surface area (TPSA) is 78.5 Å². The largest absolute Gasteiger partial charge is 0.375 e. The van der Waals surface area contributed by atoms with Gasteiger partial charge in [0.25, 0.3) is 0 Å². The molecule has 0 aliphatic carbocycles. The highest BCUT2D eigenvalue weighted by atomic mass is 79.9. The molecule has 0 radical (unpaired) electrons. The van der Waals surface area contributed by atoms with Crippen molar-refractivity contribution in [2.45, 2.75) is 11.8 Å². The van der Waals surface area contributed by atoms with Gasteiger partial charge in [-0.3, -0.25) is 4.79 Å². The van der Waals surface area contributed by atoms with Crippen LogP contribution >= 0.6 is 27.5 Å². The molecule has 0 heterocycles. The van der Waals surface area contributed by atoms with Crippen molar-refractivity contribution in [3.8, 4) is 0 Å². The van der Waals surface area contributed by atoms with Gasteiger partial charge in [0.15, 0.2) is 0 Å². The molecule has 2 aromatic carbocycles. The second-order valence-corrected chi connectivity index (χ2v) is 9.24. The number of halogens is 2. The molecule has 0 unspecified atom stereocenters. The Labute approximate surface area is 166 Å². The van der Waals surface area contributed by atoms with Gasteiger partial charge < -0.3 is 10.6 Å². The maximum atomic E-state index is 12.3. The predicted octanol–water partition coefficient (Wildman–Crippen LogP) is 3.71. The van der Waals surface area contributed by atoms with Crippen LogP contribution in [0.3, 0.4) is 0 Å². The Morgan fingerprint density at radius 1 is 1.19 bits per heavy atom. The Hall–Kier alpha value is -1.61. The molecule has 0 spiro atoms. The summed E-state index contributed by atoms with van der Waals surface area (Å²) in [5, 5.41) is 6.12. The van der Waals surface area contributed by atoms with Gasteiger partial charge in [-0.2, -0.15) is 0 Å². The zero-order valence-corrected chi connectivity index (χ0v) is 17.7. The SMILES string of the molecule is Cc1ccc(NC(=O)CNc2ccc(Br)cc2Cl)cc1S(=O)(=O)N(C)C. The molecule has 0 aromatic heterocycles. The van der Waals surface area contributed by atoms with E-state index in [9.17, 15) is 13.2 Å². The van der Waals surface area contributed by atoms with Gasteiger partial charge >= 0.3 is 0 Å². The van der Waals surface area contributed by atoms with Crippen molar-refractivity contribution in [1.29, 1.82) is 0 Å². The van der Waals surface area contributed by atoms with Crippen molar-refractivity contribution in [3.63, 3.8) is 0 Å². The van der Waals surface area contributed by atoms with Crippen molar-refractivity contribution in [1.82, 2.24) is 4.31 Å². The second-order valence-electron chi connectivity index (χ2n) is 5.79. The predicted molar refractivity (Wildman–Crippen MR) is 108 cm³/mol. The number of sulfonamides is 1. The van der Waals surface area contributed by atoms with Gasteiger partial charge in [-0.1, -0.05) is 33.6 Å². The number of amides is 1. The first-order chi connectivity index (χ1) is 12.1. The van der Waals surface area contributed by atoms with Crippen molar-refractivity contribution in [3.05, 3.63) is 51.5 Å². The molecule has 26 heavy (non-hydrogen) atoms. The molecule has 0 aliphatic heterocycles. The maximum absolute atomic E-state index is 12.3. The van der Waals surface area contributed by atoms with Gasteiger partial charge in [0, 0.05) is 24.3 Å². The fourth-order valence-corrected chi connectivity index (χ4v) is 4.05. The molecule has 6 nitrogen and oxygen atoms in total. The number of carbonyl (C=O) groups excluding carboxylic acids is 1. The van der Waals surface area contributed by atoms with Crippen LogP contribution in [0.1, 0.15) is 5.56 Å². The minimum absolute atomic E-state index is 0.00894. The monoisotopic (exact) mass is 459 g/mol. The molecule has 0 aliphatic rings. The Kier molecular flexibility index (Phi) is 6.68. The number of hydrogen-bond acceptors (Lipinski definition) is 4. The van der Waals surface area contributed by atoms with E-state index in [1.807, 2.05) is 6.07 Å². The van der Waals surface area contributed by atoms with Crippen LogP contribution in [0, 0.1) is 6.92 Å². The summed E-state index contributed by atoms with van der Waals surface area (Å²) in [5.41, 5.74) is 1.64. The molecule has 0 atom stereocenters. The van der Waals surface area contributed by atoms with Crippen LogP contribution in [0.2, 0.25) is 5.02 Å². The quantitative estimate of drug-likeness (QED) is 0.689. The standard InChI is InChI=1S/C17H19BrClN3O3S/c1-11-4-6-13(9-16(11)26(24,25)22(2)3)21-17(23)10-20-15-7-5-12(18)8-14(15)19/h4-9,20H,10H2,1-3H3,(H,21,23). The highest BCUT2D eigenvalue weighted by molar-refractivity contribution is 9.10. The van der Waals surface area contributed by atoms with E-state index >= 15 is 0 Å². The molecule has 2 N–H and O–H groups in total. The van der Waals surface area contributed by atoms with Gasteiger partial charge in [-0.15, -0.1) is 0 Å². The molecule has 0 saturated heterocycles. The lowest BCUT2D eigenvalue weighted by molar-refractivity contribution is -0.114. The normalized spacial score (nSPS) is 11.5. The van der Waals surface area contributed by atoms with Crippen LogP contribution in [0.4, 0.5) is 11.4 Å².